The molecule has 2 heteroatoms. The number of hydrogen-bond acceptors (Lipinski definition) is 1. The van der Waals surface area contributed by atoms with Crippen molar-refractivity contribution in [1.82, 2.24) is 4.57 Å². The normalized spacial score (nSPS) is 13.1. The first-order valence-electron chi connectivity index (χ1n) is 16.1. The second-order valence-corrected chi connectivity index (χ2v) is 12.1. The zero-order valence-electron chi connectivity index (χ0n) is 25.5. The van der Waals surface area contributed by atoms with Crippen LogP contribution in [0.2, 0.25) is 0 Å². The first-order valence-corrected chi connectivity index (χ1v) is 16.1. The fourth-order valence-corrected chi connectivity index (χ4v) is 7.29. The molecule has 1 aromatic heterocycles. The SMILES string of the molecule is C1=CCCC(N(c2cccc(-c3cc4ccccc4c4c3c3ccccc3n4-c3ccccc3)c2)c2ccc3ccccc3c2)=C1. The summed E-state index contributed by atoms with van der Waals surface area (Å²) in [4.78, 5) is 2.45. The largest absolute Gasteiger partial charge is 0.314 e. The molecule has 0 amide bonds. The van der Waals surface area contributed by atoms with Gasteiger partial charge in [0.05, 0.1) is 11.0 Å². The average molecular weight is 589 g/mol. The molecule has 0 N–H and O–H groups in total. The Morgan fingerprint density at radius 1 is 0.543 bits per heavy atom. The van der Waals surface area contributed by atoms with Gasteiger partial charge in [-0.05, 0) is 94.7 Å². The van der Waals surface area contributed by atoms with E-state index in [2.05, 4.69) is 179 Å². The van der Waals surface area contributed by atoms with Gasteiger partial charge in [-0.3, -0.25) is 0 Å². The average Bonchev–Trinajstić information content (AvgIpc) is 3.48. The predicted octanol–water partition coefficient (Wildman–Crippen LogP) is 12.1. The monoisotopic (exact) mass is 588 g/mol. The molecule has 0 atom stereocenters. The number of hydrogen-bond donors (Lipinski definition) is 0. The van der Waals surface area contributed by atoms with Crippen molar-refractivity contribution in [2.24, 2.45) is 0 Å². The van der Waals surface area contributed by atoms with Crippen molar-refractivity contribution in [3.8, 4) is 16.8 Å². The highest BCUT2D eigenvalue weighted by Crippen LogP contribution is 2.44. The smallest absolute Gasteiger partial charge is 0.0625 e. The molecular weight excluding hydrogens is 556 g/mol. The Morgan fingerprint density at radius 3 is 2.13 bits per heavy atom. The van der Waals surface area contributed by atoms with Gasteiger partial charge in [-0.1, -0.05) is 115 Å². The van der Waals surface area contributed by atoms with Gasteiger partial charge >= 0.3 is 0 Å². The second-order valence-electron chi connectivity index (χ2n) is 12.1. The van der Waals surface area contributed by atoms with E-state index in [9.17, 15) is 0 Å². The first kappa shape index (κ1) is 26.5. The molecule has 1 aliphatic rings. The number of fused-ring (bicyclic) bond motifs is 6. The van der Waals surface area contributed by atoms with E-state index < -0.39 is 0 Å². The third-order valence-electron chi connectivity index (χ3n) is 9.36. The Morgan fingerprint density at radius 2 is 1.28 bits per heavy atom. The molecule has 9 rings (SSSR count). The number of aromatic nitrogens is 1. The quantitative estimate of drug-likeness (QED) is 0.194. The number of benzene rings is 7. The Hall–Kier alpha value is -5.86. The molecule has 0 unspecified atom stereocenters. The number of para-hydroxylation sites is 2. The fraction of sp³-hybridized carbons (Fsp3) is 0.0455. The van der Waals surface area contributed by atoms with Crippen LogP contribution in [0.1, 0.15) is 12.8 Å². The molecule has 0 aliphatic heterocycles. The molecule has 1 aliphatic carbocycles. The Balaban J connectivity index is 1.32. The molecule has 0 radical (unpaired) electrons. The molecule has 0 saturated heterocycles. The first-order chi connectivity index (χ1) is 22.8. The molecule has 1 heterocycles. The van der Waals surface area contributed by atoms with E-state index in [0.29, 0.717) is 0 Å². The van der Waals surface area contributed by atoms with E-state index in [-0.39, 0.29) is 0 Å². The lowest BCUT2D eigenvalue weighted by molar-refractivity contribution is 0.918. The standard InChI is InChI=1S/C44H32N2/c1-3-18-35(19-4-1)45(38-27-26-31-14-7-8-15-32(31)28-38)37-22-13-17-33(29-37)41-30-34-16-9-10-23-39(34)44-43(41)40-24-11-12-25-42(40)46(44)36-20-5-2-6-21-36/h1-3,5-18,20-30H,4,19H2. The van der Waals surface area contributed by atoms with Gasteiger partial charge in [-0.25, -0.2) is 0 Å². The summed E-state index contributed by atoms with van der Waals surface area (Å²) in [5, 5.41) is 7.55. The van der Waals surface area contributed by atoms with Gasteiger partial charge < -0.3 is 9.47 Å². The molecule has 0 fully saturated rings. The van der Waals surface area contributed by atoms with Crippen LogP contribution in [-0.4, -0.2) is 4.57 Å². The van der Waals surface area contributed by atoms with Crippen molar-refractivity contribution < 1.29 is 0 Å². The summed E-state index contributed by atoms with van der Waals surface area (Å²) in [6, 6.07) is 55.4. The van der Waals surface area contributed by atoms with Crippen molar-refractivity contribution in [2.75, 3.05) is 4.90 Å². The molecule has 0 saturated carbocycles. The Kier molecular flexibility index (Phi) is 6.31. The second kappa shape index (κ2) is 10.9. The summed E-state index contributed by atoms with van der Waals surface area (Å²) >= 11 is 0. The highest BCUT2D eigenvalue weighted by Gasteiger charge is 2.21. The lowest BCUT2D eigenvalue weighted by Crippen LogP contribution is -2.17. The zero-order valence-corrected chi connectivity index (χ0v) is 25.5. The Labute approximate surface area is 268 Å². The maximum atomic E-state index is 2.45. The highest BCUT2D eigenvalue weighted by molar-refractivity contribution is 6.24. The van der Waals surface area contributed by atoms with Crippen molar-refractivity contribution in [3.63, 3.8) is 0 Å². The predicted molar refractivity (Wildman–Crippen MR) is 196 cm³/mol. The number of allylic oxidation sites excluding steroid dienone is 4. The molecule has 8 aromatic rings. The maximum absolute atomic E-state index is 2.45. The van der Waals surface area contributed by atoms with Crippen LogP contribution in [0, 0.1) is 0 Å². The van der Waals surface area contributed by atoms with E-state index in [1.807, 2.05) is 0 Å². The van der Waals surface area contributed by atoms with Crippen LogP contribution in [0.5, 0.6) is 0 Å². The fourth-order valence-electron chi connectivity index (χ4n) is 7.29. The van der Waals surface area contributed by atoms with E-state index in [1.165, 1.54) is 77.2 Å². The summed E-state index contributed by atoms with van der Waals surface area (Å²) in [6.07, 6.45) is 8.76. The summed E-state index contributed by atoms with van der Waals surface area (Å²) in [5.41, 5.74) is 9.75. The van der Waals surface area contributed by atoms with Crippen molar-refractivity contribution in [2.45, 2.75) is 12.8 Å². The highest BCUT2D eigenvalue weighted by atomic mass is 15.1. The van der Waals surface area contributed by atoms with Gasteiger partial charge in [0.2, 0.25) is 0 Å². The minimum atomic E-state index is 0.998. The van der Waals surface area contributed by atoms with Crippen LogP contribution in [0.15, 0.2) is 176 Å². The van der Waals surface area contributed by atoms with Crippen LogP contribution in [0.4, 0.5) is 11.4 Å². The van der Waals surface area contributed by atoms with E-state index in [0.717, 1.165) is 12.8 Å². The Bertz CT molecular complexity index is 2480. The van der Waals surface area contributed by atoms with Gasteiger partial charge in [-0.2, -0.15) is 0 Å². The van der Waals surface area contributed by atoms with Gasteiger partial charge in [0.15, 0.2) is 0 Å². The summed E-state index contributed by atoms with van der Waals surface area (Å²) in [6.45, 7) is 0. The summed E-state index contributed by atoms with van der Waals surface area (Å²) in [5.74, 6) is 0. The van der Waals surface area contributed by atoms with E-state index in [1.54, 1.807) is 0 Å². The van der Waals surface area contributed by atoms with Gasteiger partial charge in [0, 0.05) is 38.9 Å². The summed E-state index contributed by atoms with van der Waals surface area (Å²) in [7, 11) is 0. The van der Waals surface area contributed by atoms with Crippen LogP contribution in [-0.2, 0) is 0 Å². The third-order valence-corrected chi connectivity index (χ3v) is 9.36. The maximum Gasteiger partial charge on any atom is 0.0625 e. The topological polar surface area (TPSA) is 8.17 Å². The minimum absolute atomic E-state index is 0.998. The van der Waals surface area contributed by atoms with E-state index in [4.69, 9.17) is 0 Å². The molecule has 2 nitrogen and oxygen atoms in total. The third kappa shape index (κ3) is 4.34. The molecule has 0 bridgehead atoms. The van der Waals surface area contributed by atoms with Crippen LogP contribution < -0.4 is 4.90 Å². The number of nitrogens with zero attached hydrogens (tertiary/aromatic N) is 2. The van der Waals surface area contributed by atoms with Crippen LogP contribution in [0.25, 0.3) is 60.2 Å². The van der Waals surface area contributed by atoms with Crippen LogP contribution >= 0.6 is 0 Å². The molecule has 0 spiro atoms. The number of rotatable bonds is 5. The molecule has 46 heavy (non-hydrogen) atoms. The zero-order chi connectivity index (χ0) is 30.5. The molecule has 218 valence electrons. The number of anilines is 2. The van der Waals surface area contributed by atoms with E-state index >= 15 is 0 Å². The lowest BCUT2D eigenvalue weighted by atomic mass is 9.94. The van der Waals surface area contributed by atoms with Crippen LogP contribution in [0.3, 0.4) is 0 Å². The lowest BCUT2D eigenvalue weighted by Gasteiger charge is -2.29. The van der Waals surface area contributed by atoms with Crippen molar-refractivity contribution in [3.05, 3.63) is 176 Å². The van der Waals surface area contributed by atoms with Gasteiger partial charge in [-0.15, -0.1) is 0 Å². The minimum Gasteiger partial charge on any atom is -0.314 e. The van der Waals surface area contributed by atoms with Gasteiger partial charge in [0.25, 0.3) is 0 Å². The molecular formula is C44H32N2. The van der Waals surface area contributed by atoms with Crippen molar-refractivity contribution >= 4 is 54.7 Å². The molecule has 7 aromatic carbocycles. The summed E-state index contributed by atoms with van der Waals surface area (Å²) < 4.78 is 2.45. The van der Waals surface area contributed by atoms with Gasteiger partial charge in [0.1, 0.15) is 0 Å². The van der Waals surface area contributed by atoms with Crippen molar-refractivity contribution in [1.29, 1.82) is 0 Å².